The van der Waals surface area contributed by atoms with Crippen LogP contribution >= 0.6 is 0 Å². The summed E-state index contributed by atoms with van der Waals surface area (Å²) in [5.41, 5.74) is 1.06. The molecule has 0 heterocycles. The van der Waals surface area contributed by atoms with Crippen molar-refractivity contribution in [3.63, 3.8) is 0 Å². The van der Waals surface area contributed by atoms with E-state index in [1.807, 2.05) is 6.07 Å². The summed E-state index contributed by atoms with van der Waals surface area (Å²) >= 11 is 0. The van der Waals surface area contributed by atoms with Crippen LogP contribution in [0.15, 0.2) is 30.0 Å². The lowest BCUT2D eigenvalue weighted by Crippen LogP contribution is -1.95. The Labute approximate surface area is 104 Å². The van der Waals surface area contributed by atoms with E-state index in [2.05, 4.69) is 4.85 Å². The molecule has 88 valence electrons. The molecule has 0 saturated carbocycles. The summed E-state index contributed by atoms with van der Waals surface area (Å²) in [5.74, 6) is 0. The molecule has 0 atom stereocenters. The average Bonchev–Trinajstić information content (AvgIpc) is 2.39. The highest BCUT2D eigenvalue weighted by Crippen LogP contribution is 2.24. The van der Waals surface area contributed by atoms with Gasteiger partial charge in [0.25, 0.3) is 5.70 Å². The maximum absolute atomic E-state index is 8.95. The zero-order valence-corrected chi connectivity index (χ0v) is 9.33. The smallest absolute Gasteiger partial charge is 0.266 e. The van der Waals surface area contributed by atoms with Crippen molar-refractivity contribution in [2.24, 2.45) is 0 Å². The second-order valence-corrected chi connectivity index (χ2v) is 3.38. The summed E-state index contributed by atoms with van der Waals surface area (Å²) in [6.45, 7) is 6.88. The molecule has 1 rings (SSSR count). The highest BCUT2D eigenvalue weighted by Gasteiger charge is 2.10. The van der Waals surface area contributed by atoms with Crippen molar-refractivity contribution in [3.05, 3.63) is 52.5 Å². The molecular formula is C13H9N3O2. The fourth-order valence-corrected chi connectivity index (χ4v) is 1.42. The molecule has 0 bridgehead atoms. The Balaban J connectivity index is 3.26. The minimum atomic E-state index is -1.57. The van der Waals surface area contributed by atoms with Gasteiger partial charge >= 0.3 is 0 Å². The number of nitrogens with zero attached hydrogens (tertiary/aromatic N) is 3. The van der Waals surface area contributed by atoms with Crippen LogP contribution in [0.1, 0.15) is 23.8 Å². The summed E-state index contributed by atoms with van der Waals surface area (Å²) in [6, 6.07) is 9.68. The van der Waals surface area contributed by atoms with Crippen LogP contribution in [-0.4, -0.2) is 10.2 Å². The summed E-state index contributed by atoms with van der Waals surface area (Å²) in [7, 11) is 0. The zero-order chi connectivity index (χ0) is 13.5. The molecule has 0 aliphatic rings. The van der Waals surface area contributed by atoms with E-state index in [0.29, 0.717) is 16.7 Å². The largest absolute Gasteiger partial charge is 0.364 e. The number of rotatable bonds is 3. The van der Waals surface area contributed by atoms with Crippen LogP contribution in [0.5, 0.6) is 0 Å². The summed E-state index contributed by atoms with van der Waals surface area (Å²) in [6.07, 6.45) is -1.62. The highest BCUT2D eigenvalue weighted by atomic mass is 16.5. The van der Waals surface area contributed by atoms with Gasteiger partial charge in [0.15, 0.2) is 6.29 Å². The first-order valence-electron chi connectivity index (χ1n) is 4.98. The van der Waals surface area contributed by atoms with E-state index in [0.717, 1.165) is 0 Å². The predicted molar refractivity (Wildman–Crippen MR) is 63.0 cm³/mol. The van der Waals surface area contributed by atoms with Crippen molar-refractivity contribution in [1.82, 2.24) is 0 Å². The van der Waals surface area contributed by atoms with Gasteiger partial charge in [-0.15, -0.1) is 0 Å². The molecule has 5 nitrogen and oxygen atoms in total. The van der Waals surface area contributed by atoms with E-state index in [9.17, 15) is 0 Å². The van der Waals surface area contributed by atoms with Gasteiger partial charge < -0.3 is 10.2 Å². The van der Waals surface area contributed by atoms with Crippen molar-refractivity contribution in [2.45, 2.75) is 12.7 Å². The number of allylic oxidation sites excluding steroid dienone is 2. The third-order valence-corrected chi connectivity index (χ3v) is 2.32. The maximum atomic E-state index is 8.95. The molecule has 0 saturated heterocycles. The van der Waals surface area contributed by atoms with E-state index in [4.69, 9.17) is 27.3 Å². The van der Waals surface area contributed by atoms with Crippen LogP contribution in [0.4, 0.5) is 0 Å². The third-order valence-electron chi connectivity index (χ3n) is 2.32. The molecule has 1 aromatic rings. The van der Waals surface area contributed by atoms with Crippen LogP contribution in [0.2, 0.25) is 0 Å². The molecule has 0 amide bonds. The van der Waals surface area contributed by atoms with Crippen LogP contribution < -0.4 is 0 Å². The van der Waals surface area contributed by atoms with Crippen molar-refractivity contribution in [2.75, 3.05) is 0 Å². The van der Waals surface area contributed by atoms with Gasteiger partial charge in [-0.05, 0) is 11.1 Å². The summed E-state index contributed by atoms with van der Waals surface area (Å²) < 4.78 is 0. The van der Waals surface area contributed by atoms with E-state index in [1.54, 1.807) is 18.2 Å². The molecule has 5 heteroatoms. The molecule has 0 radical (unpaired) electrons. The van der Waals surface area contributed by atoms with Crippen molar-refractivity contribution in [3.8, 4) is 12.1 Å². The third kappa shape index (κ3) is 2.93. The Kier molecular flexibility index (Phi) is 4.60. The van der Waals surface area contributed by atoms with Gasteiger partial charge in [0.2, 0.25) is 0 Å². The van der Waals surface area contributed by atoms with Gasteiger partial charge in [-0.1, -0.05) is 24.3 Å². The van der Waals surface area contributed by atoms with Crippen LogP contribution in [0.25, 0.3) is 10.4 Å². The number of benzene rings is 1. The molecule has 0 aromatic heterocycles. The Hall–Kier alpha value is -2.65. The van der Waals surface area contributed by atoms with Gasteiger partial charge in [0.1, 0.15) is 0 Å². The van der Waals surface area contributed by atoms with Crippen LogP contribution in [0.3, 0.4) is 0 Å². The molecule has 0 fully saturated rings. The molecule has 0 unspecified atom stereocenters. The van der Waals surface area contributed by atoms with Crippen LogP contribution in [-0.2, 0) is 0 Å². The first kappa shape index (κ1) is 13.4. The van der Waals surface area contributed by atoms with Gasteiger partial charge in [0, 0.05) is 5.56 Å². The van der Waals surface area contributed by atoms with E-state index >= 15 is 0 Å². The minimum Gasteiger partial charge on any atom is -0.364 e. The lowest BCUT2D eigenvalue weighted by molar-refractivity contribution is -0.0424. The number of hydrogen-bond donors (Lipinski definition) is 2. The zero-order valence-electron chi connectivity index (χ0n) is 9.33. The number of aliphatic hydroxyl groups excluding tert-OH is 1. The molecular weight excluding hydrogens is 230 g/mol. The quantitative estimate of drug-likeness (QED) is 0.477. The predicted octanol–water partition coefficient (Wildman–Crippen LogP) is 1.74. The second-order valence-electron chi connectivity index (χ2n) is 3.38. The Morgan fingerprint density at radius 1 is 1.28 bits per heavy atom. The van der Waals surface area contributed by atoms with Gasteiger partial charge in [0.05, 0.1) is 25.1 Å². The number of aliphatic hydroxyl groups is 2. The Morgan fingerprint density at radius 2 is 1.89 bits per heavy atom. The van der Waals surface area contributed by atoms with Gasteiger partial charge in [-0.2, -0.15) is 5.26 Å². The fourth-order valence-electron chi connectivity index (χ4n) is 1.42. The van der Waals surface area contributed by atoms with E-state index in [-0.39, 0.29) is 12.1 Å². The first-order chi connectivity index (χ1) is 8.63. The second kappa shape index (κ2) is 6.18. The van der Waals surface area contributed by atoms with Gasteiger partial charge in [-0.25, -0.2) is 10.1 Å². The first-order valence-corrected chi connectivity index (χ1v) is 4.98. The molecule has 18 heavy (non-hydrogen) atoms. The number of hydrogen-bond acceptors (Lipinski definition) is 4. The molecule has 0 aliphatic heterocycles. The SMILES string of the molecule is [C-]#[N+]C(C#N)=C(CC#N)c1ccc(C(O)O)cc1. The fraction of sp³-hybridized carbons (Fsp3) is 0.154. The normalized spacial score (nSPS) is 11.1. The lowest BCUT2D eigenvalue weighted by Gasteiger charge is -2.07. The maximum Gasteiger partial charge on any atom is 0.266 e. The summed E-state index contributed by atoms with van der Waals surface area (Å²) in [5, 5.41) is 35.4. The average molecular weight is 239 g/mol. The molecule has 0 spiro atoms. The molecule has 1 aromatic carbocycles. The van der Waals surface area contributed by atoms with Crippen molar-refractivity contribution >= 4 is 5.57 Å². The lowest BCUT2D eigenvalue weighted by atomic mass is 10.00. The minimum absolute atomic E-state index is 0.0493. The monoisotopic (exact) mass is 239 g/mol. The van der Waals surface area contributed by atoms with E-state index in [1.165, 1.54) is 12.1 Å². The molecule has 0 aliphatic carbocycles. The van der Waals surface area contributed by atoms with Crippen molar-refractivity contribution in [1.29, 1.82) is 10.5 Å². The topological polar surface area (TPSA) is 92.4 Å². The Bertz CT molecular complexity index is 565. The number of nitriles is 2. The van der Waals surface area contributed by atoms with E-state index < -0.39 is 6.29 Å². The molecule has 2 N–H and O–H groups in total. The highest BCUT2D eigenvalue weighted by molar-refractivity contribution is 5.74. The van der Waals surface area contributed by atoms with Crippen molar-refractivity contribution < 1.29 is 10.2 Å². The Morgan fingerprint density at radius 3 is 2.28 bits per heavy atom. The summed E-state index contributed by atoms with van der Waals surface area (Å²) in [4.78, 5) is 3.08. The standard InChI is InChI=1S/C13H9N3O2/c1-16-12(8-15)11(6-7-14)9-2-4-10(5-3-9)13(17)18/h2-5,13,17-18H,6H2. The van der Waals surface area contributed by atoms with Crippen LogP contribution in [0, 0.1) is 29.2 Å². The van der Waals surface area contributed by atoms with Gasteiger partial charge in [-0.3, -0.25) is 0 Å².